The quantitative estimate of drug-likeness (QED) is 0.582. The molecule has 0 aliphatic carbocycles. The van der Waals surface area contributed by atoms with Crippen LogP contribution in [0.4, 0.5) is 16.2 Å². The van der Waals surface area contributed by atoms with E-state index in [0.717, 1.165) is 41.5 Å². The Kier molecular flexibility index (Phi) is 7.03. The summed E-state index contributed by atoms with van der Waals surface area (Å²) in [6.45, 7) is 3.42. The summed E-state index contributed by atoms with van der Waals surface area (Å²) in [5, 5.41) is 9.09. The number of hydrogen-bond donors (Lipinski definition) is 2. The van der Waals surface area contributed by atoms with E-state index in [1.54, 1.807) is 11.3 Å². The van der Waals surface area contributed by atoms with Gasteiger partial charge in [0.1, 0.15) is 0 Å². The lowest BCUT2D eigenvalue weighted by Gasteiger charge is -2.23. The number of thiazole rings is 1. The molecule has 28 heavy (non-hydrogen) atoms. The summed E-state index contributed by atoms with van der Waals surface area (Å²) >= 11 is 1.67. The molecule has 3 rings (SSSR count). The summed E-state index contributed by atoms with van der Waals surface area (Å²) in [4.78, 5) is 19.0. The van der Waals surface area contributed by atoms with E-state index < -0.39 is 0 Å². The van der Waals surface area contributed by atoms with E-state index in [1.165, 1.54) is 5.56 Å². The topological polar surface area (TPSA) is 57.3 Å². The molecule has 2 aromatic carbocycles. The molecular formula is C22H26N4OS. The number of carbonyl (C=O) groups is 1. The van der Waals surface area contributed by atoms with Gasteiger partial charge >= 0.3 is 6.03 Å². The second kappa shape index (κ2) is 9.90. The third-order valence-electron chi connectivity index (χ3n) is 4.39. The number of para-hydroxylation sites is 2. The highest BCUT2D eigenvalue weighted by Crippen LogP contribution is 2.25. The van der Waals surface area contributed by atoms with Crippen LogP contribution in [0.15, 0.2) is 60.0 Å². The highest BCUT2D eigenvalue weighted by atomic mass is 32.1. The van der Waals surface area contributed by atoms with Crippen LogP contribution < -0.4 is 15.5 Å². The van der Waals surface area contributed by atoms with Crippen molar-refractivity contribution >= 4 is 28.7 Å². The number of anilines is 2. The molecule has 0 atom stereocenters. The molecule has 0 aliphatic rings. The van der Waals surface area contributed by atoms with E-state index in [0.29, 0.717) is 6.54 Å². The molecular weight excluding hydrogens is 368 g/mol. The monoisotopic (exact) mass is 394 g/mol. The normalized spacial score (nSPS) is 10.5. The molecule has 2 N–H and O–H groups in total. The van der Waals surface area contributed by atoms with Crippen LogP contribution in [-0.4, -0.2) is 24.6 Å². The zero-order valence-electron chi connectivity index (χ0n) is 16.3. The largest absolute Gasteiger partial charge is 0.369 e. The van der Waals surface area contributed by atoms with Crippen molar-refractivity contribution in [2.75, 3.05) is 23.8 Å². The Morgan fingerprint density at radius 2 is 1.86 bits per heavy atom. The maximum Gasteiger partial charge on any atom is 0.319 e. The van der Waals surface area contributed by atoms with Gasteiger partial charge in [-0.05, 0) is 24.1 Å². The summed E-state index contributed by atoms with van der Waals surface area (Å²) in [5.74, 6) is 0. The predicted octanol–water partition coefficient (Wildman–Crippen LogP) is 4.71. The Labute approximate surface area is 170 Å². The van der Waals surface area contributed by atoms with E-state index in [9.17, 15) is 4.79 Å². The summed E-state index contributed by atoms with van der Waals surface area (Å²) in [5.41, 5.74) is 4.03. The lowest BCUT2D eigenvalue weighted by atomic mass is 10.2. The SMILES string of the molecule is CCc1nc(CCNC(=O)Nc2ccccc2N(C)Cc2ccccc2)cs1. The predicted molar refractivity (Wildman–Crippen MR) is 117 cm³/mol. The summed E-state index contributed by atoms with van der Waals surface area (Å²) in [6.07, 6.45) is 1.69. The molecule has 6 heteroatoms. The minimum absolute atomic E-state index is 0.202. The average molecular weight is 395 g/mol. The van der Waals surface area contributed by atoms with Gasteiger partial charge in [0.2, 0.25) is 0 Å². The first kappa shape index (κ1) is 19.9. The lowest BCUT2D eigenvalue weighted by molar-refractivity contribution is 0.252. The maximum atomic E-state index is 12.3. The molecule has 0 radical (unpaired) electrons. The molecule has 146 valence electrons. The van der Waals surface area contributed by atoms with Crippen molar-refractivity contribution in [3.05, 3.63) is 76.2 Å². The summed E-state index contributed by atoms with van der Waals surface area (Å²) in [7, 11) is 2.03. The third-order valence-corrected chi connectivity index (χ3v) is 5.44. The second-order valence-electron chi connectivity index (χ2n) is 6.58. The van der Waals surface area contributed by atoms with Crippen molar-refractivity contribution < 1.29 is 4.79 Å². The fourth-order valence-corrected chi connectivity index (χ4v) is 3.73. The fourth-order valence-electron chi connectivity index (χ4n) is 2.95. The first-order chi connectivity index (χ1) is 13.7. The smallest absolute Gasteiger partial charge is 0.319 e. The van der Waals surface area contributed by atoms with Gasteiger partial charge in [-0.3, -0.25) is 0 Å². The van der Waals surface area contributed by atoms with Gasteiger partial charge in [0.15, 0.2) is 0 Å². The van der Waals surface area contributed by atoms with Crippen molar-refractivity contribution in [1.82, 2.24) is 10.3 Å². The van der Waals surface area contributed by atoms with E-state index in [2.05, 4.69) is 45.0 Å². The number of rotatable bonds is 8. The molecule has 0 fully saturated rings. The summed E-state index contributed by atoms with van der Waals surface area (Å²) < 4.78 is 0. The highest BCUT2D eigenvalue weighted by Gasteiger charge is 2.10. The van der Waals surface area contributed by atoms with Crippen molar-refractivity contribution in [3.8, 4) is 0 Å². The van der Waals surface area contributed by atoms with Crippen molar-refractivity contribution in [2.24, 2.45) is 0 Å². The molecule has 5 nitrogen and oxygen atoms in total. The Morgan fingerprint density at radius 3 is 2.61 bits per heavy atom. The molecule has 0 unspecified atom stereocenters. The Balaban J connectivity index is 1.55. The van der Waals surface area contributed by atoms with Crippen LogP contribution in [0.25, 0.3) is 0 Å². The molecule has 1 heterocycles. The first-order valence-electron chi connectivity index (χ1n) is 9.48. The van der Waals surface area contributed by atoms with Gasteiger partial charge in [0, 0.05) is 31.9 Å². The number of hydrogen-bond acceptors (Lipinski definition) is 4. The zero-order valence-corrected chi connectivity index (χ0v) is 17.1. The molecule has 2 amide bonds. The molecule has 3 aromatic rings. The molecule has 0 spiro atoms. The minimum Gasteiger partial charge on any atom is -0.369 e. The van der Waals surface area contributed by atoms with Crippen molar-refractivity contribution in [3.63, 3.8) is 0 Å². The lowest BCUT2D eigenvalue weighted by Crippen LogP contribution is -2.31. The second-order valence-corrected chi connectivity index (χ2v) is 7.52. The van der Waals surface area contributed by atoms with E-state index >= 15 is 0 Å². The van der Waals surface area contributed by atoms with Gasteiger partial charge in [-0.15, -0.1) is 11.3 Å². The van der Waals surface area contributed by atoms with E-state index in [4.69, 9.17) is 0 Å². The van der Waals surface area contributed by atoms with Crippen molar-refractivity contribution in [2.45, 2.75) is 26.3 Å². The number of urea groups is 1. The summed E-state index contributed by atoms with van der Waals surface area (Å²) in [6, 6.07) is 17.9. The van der Waals surface area contributed by atoms with Crippen LogP contribution in [0.2, 0.25) is 0 Å². The number of aromatic nitrogens is 1. The Hall–Kier alpha value is -2.86. The van der Waals surface area contributed by atoms with Crippen LogP contribution in [0.1, 0.15) is 23.2 Å². The molecule has 0 aliphatic heterocycles. The van der Waals surface area contributed by atoms with Gasteiger partial charge in [-0.25, -0.2) is 9.78 Å². The molecule has 0 saturated heterocycles. The van der Waals surface area contributed by atoms with Gasteiger partial charge in [-0.1, -0.05) is 49.4 Å². The van der Waals surface area contributed by atoms with Gasteiger partial charge in [0.25, 0.3) is 0 Å². The number of nitrogens with one attached hydrogen (secondary N) is 2. The van der Waals surface area contributed by atoms with Crippen molar-refractivity contribution in [1.29, 1.82) is 0 Å². The zero-order chi connectivity index (χ0) is 19.8. The Morgan fingerprint density at radius 1 is 1.11 bits per heavy atom. The molecule has 0 saturated carbocycles. The van der Waals surface area contributed by atoms with Crippen LogP contribution in [0.3, 0.4) is 0 Å². The third kappa shape index (κ3) is 5.57. The highest BCUT2D eigenvalue weighted by molar-refractivity contribution is 7.09. The molecule has 0 bridgehead atoms. The average Bonchev–Trinajstić information content (AvgIpc) is 3.17. The number of carbonyl (C=O) groups excluding carboxylic acids is 1. The number of nitrogens with zero attached hydrogens (tertiary/aromatic N) is 2. The maximum absolute atomic E-state index is 12.3. The van der Waals surface area contributed by atoms with E-state index in [1.807, 2.05) is 49.5 Å². The number of benzene rings is 2. The first-order valence-corrected chi connectivity index (χ1v) is 10.4. The van der Waals surface area contributed by atoms with Gasteiger partial charge in [0.05, 0.1) is 22.1 Å². The van der Waals surface area contributed by atoms with Crippen LogP contribution in [-0.2, 0) is 19.4 Å². The fraction of sp³-hybridized carbons (Fsp3) is 0.273. The van der Waals surface area contributed by atoms with Gasteiger partial charge in [-0.2, -0.15) is 0 Å². The number of aryl methyl sites for hydroxylation is 1. The van der Waals surface area contributed by atoms with Crippen LogP contribution >= 0.6 is 11.3 Å². The van der Waals surface area contributed by atoms with E-state index in [-0.39, 0.29) is 6.03 Å². The number of amides is 2. The minimum atomic E-state index is -0.202. The standard InChI is InChI=1S/C22H26N4OS/c1-3-21-24-18(16-28-21)13-14-23-22(27)25-19-11-7-8-12-20(19)26(2)15-17-9-5-4-6-10-17/h4-12,16H,3,13-15H2,1-2H3,(H2,23,25,27). The van der Waals surface area contributed by atoms with Crippen LogP contribution in [0.5, 0.6) is 0 Å². The Bertz CT molecular complexity index is 894. The van der Waals surface area contributed by atoms with Gasteiger partial charge < -0.3 is 15.5 Å². The molecule has 1 aromatic heterocycles. The van der Waals surface area contributed by atoms with Crippen LogP contribution in [0, 0.1) is 0 Å².